The summed E-state index contributed by atoms with van der Waals surface area (Å²) < 4.78 is 11.5. The van der Waals surface area contributed by atoms with Crippen LogP contribution in [0.2, 0.25) is 0 Å². The molecule has 0 aromatic rings. The fourth-order valence-electron chi connectivity index (χ4n) is 4.37. The molecule has 0 radical (unpaired) electrons. The number of hydrogen-bond acceptors (Lipinski definition) is 4. The summed E-state index contributed by atoms with van der Waals surface area (Å²) >= 11 is 0. The standard InChI is InChI=1S/C16H27NO3/c1-17(2)16(6-3-4-7-16)14(18)13-5-9-20-15(11-13)8-10-19-12-15/h13H,3-12H2,1-2H3. The van der Waals surface area contributed by atoms with E-state index in [2.05, 4.69) is 19.0 Å². The number of likely N-dealkylation sites (N-methyl/N-ethyl adjacent to an activating group) is 1. The van der Waals surface area contributed by atoms with Gasteiger partial charge in [-0.3, -0.25) is 9.69 Å². The Morgan fingerprint density at radius 3 is 2.50 bits per heavy atom. The largest absolute Gasteiger partial charge is 0.378 e. The van der Waals surface area contributed by atoms with Gasteiger partial charge in [0.25, 0.3) is 0 Å². The van der Waals surface area contributed by atoms with Crippen LogP contribution in [0.25, 0.3) is 0 Å². The Labute approximate surface area is 121 Å². The van der Waals surface area contributed by atoms with E-state index in [0.29, 0.717) is 19.0 Å². The number of hydrogen-bond donors (Lipinski definition) is 0. The van der Waals surface area contributed by atoms with Crippen LogP contribution in [-0.4, -0.2) is 55.7 Å². The maximum absolute atomic E-state index is 13.2. The molecule has 3 aliphatic rings. The molecule has 1 spiro atoms. The van der Waals surface area contributed by atoms with Crippen LogP contribution in [0.3, 0.4) is 0 Å². The van der Waals surface area contributed by atoms with Crippen LogP contribution in [0.5, 0.6) is 0 Å². The lowest BCUT2D eigenvalue weighted by Gasteiger charge is -2.42. The number of rotatable bonds is 3. The molecule has 2 saturated heterocycles. The minimum absolute atomic E-state index is 0.158. The first-order valence-corrected chi connectivity index (χ1v) is 8.02. The van der Waals surface area contributed by atoms with Gasteiger partial charge in [0.15, 0.2) is 5.78 Å². The Balaban J connectivity index is 1.76. The molecule has 4 nitrogen and oxygen atoms in total. The van der Waals surface area contributed by atoms with E-state index in [1.54, 1.807) is 0 Å². The Kier molecular flexibility index (Phi) is 3.91. The summed E-state index contributed by atoms with van der Waals surface area (Å²) in [5.41, 5.74) is -0.368. The van der Waals surface area contributed by atoms with Crippen LogP contribution >= 0.6 is 0 Å². The van der Waals surface area contributed by atoms with Gasteiger partial charge in [0.1, 0.15) is 0 Å². The number of Topliss-reactive ketones (excluding diaryl/α,β-unsaturated/α-hetero) is 1. The van der Waals surface area contributed by atoms with Gasteiger partial charge in [-0.05, 0) is 39.8 Å². The summed E-state index contributed by atoms with van der Waals surface area (Å²) in [6.07, 6.45) is 7.12. The van der Waals surface area contributed by atoms with Crippen molar-refractivity contribution in [2.45, 2.75) is 56.1 Å². The zero-order valence-electron chi connectivity index (χ0n) is 12.8. The van der Waals surface area contributed by atoms with Crippen molar-refractivity contribution in [1.29, 1.82) is 0 Å². The lowest BCUT2D eigenvalue weighted by molar-refractivity contribution is -0.146. The number of ketones is 1. The molecule has 2 atom stereocenters. The summed E-state index contributed by atoms with van der Waals surface area (Å²) in [6, 6.07) is 0. The molecule has 114 valence electrons. The zero-order valence-corrected chi connectivity index (χ0v) is 12.8. The van der Waals surface area contributed by atoms with E-state index in [4.69, 9.17) is 9.47 Å². The second-order valence-corrected chi connectivity index (χ2v) is 7.02. The summed E-state index contributed by atoms with van der Waals surface area (Å²) in [5, 5.41) is 0. The molecule has 0 amide bonds. The van der Waals surface area contributed by atoms with Gasteiger partial charge < -0.3 is 9.47 Å². The van der Waals surface area contributed by atoms with Crippen LogP contribution in [0, 0.1) is 5.92 Å². The third kappa shape index (κ3) is 2.32. The summed E-state index contributed by atoms with van der Waals surface area (Å²) in [5.74, 6) is 0.625. The molecule has 2 unspecified atom stereocenters. The SMILES string of the molecule is CN(C)C1(C(=O)C2CCOC3(CCOC3)C2)CCCC1. The quantitative estimate of drug-likeness (QED) is 0.793. The molecule has 4 heteroatoms. The lowest BCUT2D eigenvalue weighted by Crippen LogP contribution is -2.54. The van der Waals surface area contributed by atoms with Gasteiger partial charge in [-0.1, -0.05) is 12.8 Å². The van der Waals surface area contributed by atoms with E-state index in [9.17, 15) is 4.79 Å². The monoisotopic (exact) mass is 281 g/mol. The Morgan fingerprint density at radius 2 is 1.90 bits per heavy atom. The minimum atomic E-state index is -0.206. The van der Waals surface area contributed by atoms with Crippen molar-refractivity contribution in [3.05, 3.63) is 0 Å². The smallest absolute Gasteiger partial charge is 0.156 e. The molecule has 1 aliphatic carbocycles. The third-order valence-corrected chi connectivity index (χ3v) is 5.68. The van der Waals surface area contributed by atoms with E-state index < -0.39 is 0 Å². The second-order valence-electron chi connectivity index (χ2n) is 7.02. The Bertz CT molecular complexity index is 368. The van der Waals surface area contributed by atoms with E-state index in [1.165, 1.54) is 12.8 Å². The molecule has 3 fully saturated rings. The van der Waals surface area contributed by atoms with E-state index in [0.717, 1.165) is 38.7 Å². The highest BCUT2D eigenvalue weighted by Crippen LogP contribution is 2.42. The van der Waals surface area contributed by atoms with E-state index in [1.807, 2.05) is 0 Å². The maximum atomic E-state index is 13.2. The summed E-state index contributed by atoms with van der Waals surface area (Å²) in [4.78, 5) is 15.3. The highest BCUT2D eigenvalue weighted by Gasteiger charge is 2.50. The van der Waals surface area contributed by atoms with Crippen molar-refractivity contribution in [2.24, 2.45) is 5.92 Å². The lowest BCUT2D eigenvalue weighted by atomic mass is 9.75. The first-order chi connectivity index (χ1) is 9.58. The van der Waals surface area contributed by atoms with Crippen molar-refractivity contribution in [2.75, 3.05) is 33.9 Å². The minimum Gasteiger partial charge on any atom is -0.378 e. The molecule has 20 heavy (non-hydrogen) atoms. The number of carbonyl (C=O) groups excluding carboxylic acids is 1. The van der Waals surface area contributed by atoms with Crippen LogP contribution < -0.4 is 0 Å². The normalized spacial score (nSPS) is 36.9. The maximum Gasteiger partial charge on any atom is 0.156 e. The van der Waals surface area contributed by atoms with Gasteiger partial charge in [-0.25, -0.2) is 0 Å². The summed E-state index contributed by atoms with van der Waals surface area (Å²) in [7, 11) is 4.13. The van der Waals surface area contributed by atoms with Crippen LogP contribution in [-0.2, 0) is 14.3 Å². The molecule has 0 aromatic carbocycles. The van der Waals surface area contributed by atoms with Gasteiger partial charge in [-0.2, -0.15) is 0 Å². The number of ether oxygens (including phenoxy) is 2. The number of carbonyl (C=O) groups is 1. The van der Waals surface area contributed by atoms with Crippen LogP contribution in [0.4, 0.5) is 0 Å². The third-order valence-electron chi connectivity index (χ3n) is 5.68. The van der Waals surface area contributed by atoms with Crippen molar-refractivity contribution in [1.82, 2.24) is 4.90 Å². The molecule has 1 saturated carbocycles. The molecule has 2 aliphatic heterocycles. The molecule has 3 rings (SSSR count). The predicted octanol–water partition coefficient (Wildman–Crippen LogP) is 2.02. The van der Waals surface area contributed by atoms with E-state index >= 15 is 0 Å². The number of nitrogens with zero attached hydrogens (tertiary/aromatic N) is 1. The first-order valence-electron chi connectivity index (χ1n) is 8.02. The molecular weight excluding hydrogens is 254 g/mol. The highest BCUT2D eigenvalue weighted by atomic mass is 16.6. The van der Waals surface area contributed by atoms with Crippen molar-refractivity contribution in [3.8, 4) is 0 Å². The molecule has 0 aromatic heterocycles. The Hall–Kier alpha value is -0.450. The van der Waals surface area contributed by atoms with Crippen molar-refractivity contribution >= 4 is 5.78 Å². The van der Waals surface area contributed by atoms with Gasteiger partial charge >= 0.3 is 0 Å². The topological polar surface area (TPSA) is 38.8 Å². The molecule has 0 N–H and O–H groups in total. The average Bonchev–Trinajstić information content (AvgIpc) is 3.08. The highest BCUT2D eigenvalue weighted by molar-refractivity contribution is 5.91. The van der Waals surface area contributed by atoms with E-state index in [-0.39, 0.29) is 17.1 Å². The molecule has 0 bridgehead atoms. The van der Waals surface area contributed by atoms with Gasteiger partial charge in [-0.15, -0.1) is 0 Å². The zero-order chi connectivity index (χ0) is 14.2. The molecular formula is C16H27NO3. The second kappa shape index (κ2) is 5.39. The fraction of sp³-hybridized carbons (Fsp3) is 0.938. The van der Waals surface area contributed by atoms with Crippen LogP contribution in [0.1, 0.15) is 44.9 Å². The van der Waals surface area contributed by atoms with Crippen molar-refractivity contribution < 1.29 is 14.3 Å². The van der Waals surface area contributed by atoms with Gasteiger partial charge in [0.2, 0.25) is 0 Å². The fourth-order valence-corrected chi connectivity index (χ4v) is 4.37. The molecule has 2 heterocycles. The first kappa shape index (κ1) is 14.5. The van der Waals surface area contributed by atoms with Crippen molar-refractivity contribution in [3.63, 3.8) is 0 Å². The van der Waals surface area contributed by atoms with Crippen LogP contribution in [0.15, 0.2) is 0 Å². The van der Waals surface area contributed by atoms with Gasteiger partial charge in [0.05, 0.1) is 17.7 Å². The average molecular weight is 281 g/mol. The van der Waals surface area contributed by atoms with Gasteiger partial charge in [0, 0.05) is 25.6 Å². The predicted molar refractivity (Wildman–Crippen MR) is 76.7 cm³/mol. The summed E-state index contributed by atoms with van der Waals surface area (Å²) in [6.45, 7) is 2.16. The Morgan fingerprint density at radius 1 is 1.15 bits per heavy atom.